The van der Waals surface area contributed by atoms with Crippen LogP contribution in [-0.2, 0) is 6.42 Å². The van der Waals surface area contributed by atoms with Crippen molar-refractivity contribution in [2.24, 2.45) is 0 Å². The lowest BCUT2D eigenvalue weighted by molar-refractivity contribution is 0.414. The van der Waals surface area contributed by atoms with Crippen molar-refractivity contribution in [3.8, 4) is 5.75 Å². The number of ether oxygens (including phenoxy) is 1. The monoisotopic (exact) mass is 341 g/mol. The second-order valence-corrected chi connectivity index (χ2v) is 6.30. The van der Waals surface area contributed by atoms with Crippen molar-refractivity contribution < 1.29 is 4.74 Å². The molecule has 2 nitrogen and oxygen atoms in total. The molecule has 1 aliphatic carbocycles. The molecule has 0 radical (unpaired) electrons. The Balaban J connectivity index is 1.92. The number of nitrogens with one attached hydrogen (secondary N) is 1. The van der Waals surface area contributed by atoms with Gasteiger partial charge in [-0.1, -0.05) is 40.9 Å². The molecule has 3 rings (SSSR count). The Bertz CT molecular complexity index is 664. The van der Waals surface area contributed by atoms with E-state index in [1.807, 2.05) is 6.07 Å². The summed E-state index contributed by atoms with van der Waals surface area (Å²) in [5.74, 6) is 0.857. The SMILES string of the molecule is COc1ccc2c(c1)C(Nc1c(Cl)cc(Cl)cc1Cl)CC2. The Morgan fingerprint density at radius 1 is 1.10 bits per heavy atom. The lowest BCUT2D eigenvalue weighted by Gasteiger charge is -2.18. The van der Waals surface area contributed by atoms with Gasteiger partial charge in [0.1, 0.15) is 5.75 Å². The van der Waals surface area contributed by atoms with Crippen LogP contribution in [0.2, 0.25) is 15.1 Å². The largest absolute Gasteiger partial charge is 0.497 e. The molecule has 1 N–H and O–H groups in total. The predicted molar refractivity (Wildman–Crippen MR) is 89.2 cm³/mol. The molecule has 0 heterocycles. The molecule has 0 aliphatic heterocycles. The number of fused-ring (bicyclic) bond motifs is 1. The summed E-state index contributed by atoms with van der Waals surface area (Å²) in [4.78, 5) is 0. The topological polar surface area (TPSA) is 21.3 Å². The van der Waals surface area contributed by atoms with Crippen LogP contribution >= 0.6 is 34.8 Å². The van der Waals surface area contributed by atoms with Gasteiger partial charge in [0.05, 0.1) is 28.9 Å². The molecule has 1 unspecified atom stereocenters. The van der Waals surface area contributed by atoms with Crippen LogP contribution in [0.1, 0.15) is 23.6 Å². The van der Waals surface area contributed by atoms with Crippen molar-refractivity contribution in [3.63, 3.8) is 0 Å². The van der Waals surface area contributed by atoms with Gasteiger partial charge in [0.15, 0.2) is 0 Å². The summed E-state index contributed by atoms with van der Waals surface area (Å²) in [7, 11) is 1.67. The van der Waals surface area contributed by atoms with Crippen LogP contribution in [0.25, 0.3) is 0 Å². The maximum Gasteiger partial charge on any atom is 0.119 e. The zero-order chi connectivity index (χ0) is 15.0. The first-order chi connectivity index (χ1) is 10.1. The lowest BCUT2D eigenvalue weighted by atomic mass is 10.1. The number of hydrogen-bond donors (Lipinski definition) is 1. The number of halogens is 3. The molecular formula is C16H14Cl3NO. The first kappa shape index (κ1) is 14.8. The quantitative estimate of drug-likeness (QED) is 0.766. The molecule has 0 saturated carbocycles. The minimum absolute atomic E-state index is 0.172. The molecule has 1 atom stereocenters. The molecule has 21 heavy (non-hydrogen) atoms. The summed E-state index contributed by atoms with van der Waals surface area (Å²) in [6.07, 6.45) is 2.03. The Hall–Kier alpha value is -1.09. The predicted octanol–water partition coefficient (Wildman–Crippen LogP) is 5.75. The first-order valence-corrected chi connectivity index (χ1v) is 7.80. The van der Waals surface area contributed by atoms with Crippen LogP contribution in [0.5, 0.6) is 5.75 Å². The molecule has 2 aromatic carbocycles. The van der Waals surface area contributed by atoms with Gasteiger partial charge < -0.3 is 10.1 Å². The number of rotatable bonds is 3. The minimum Gasteiger partial charge on any atom is -0.497 e. The third-order valence-corrected chi connectivity index (χ3v) is 4.57. The van der Waals surface area contributed by atoms with Crippen molar-refractivity contribution in [2.45, 2.75) is 18.9 Å². The van der Waals surface area contributed by atoms with E-state index >= 15 is 0 Å². The smallest absolute Gasteiger partial charge is 0.119 e. The Morgan fingerprint density at radius 3 is 2.48 bits per heavy atom. The molecule has 0 amide bonds. The molecule has 0 spiro atoms. The van der Waals surface area contributed by atoms with Gasteiger partial charge in [0, 0.05) is 5.02 Å². The van der Waals surface area contributed by atoms with Gasteiger partial charge in [-0.15, -0.1) is 0 Å². The summed E-state index contributed by atoms with van der Waals surface area (Å²) in [5.41, 5.74) is 3.29. The summed E-state index contributed by atoms with van der Waals surface area (Å²) in [5, 5.41) is 5.03. The second kappa shape index (κ2) is 5.96. The summed E-state index contributed by atoms with van der Waals surface area (Å²) >= 11 is 18.4. The highest BCUT2D eigenvalue weighted by Crippen LogP contribution is 2.40. The molecule has 110 valence electrons. The van der Waals surface area contributed by atoms with Crippen LogP contribution in [0.15, 0.2) is 30.3 Å². The maximum atomic E-state index is 6.24. The van der Waals surface area contributed by atoms with E-state index < -0.39 is 0 Å². The Labute approximate surface area is 139 Å². The van der Waals surface area contributed by atoms with E-state index in [2.05, 4.69) is 17.4 Å². The standard InChI is InChI=1S/C16H14Cl3NO/c1-21-11-4-2-9-3-5-15(12(9)8-11)20-16-13(18)6-10(17)7-14(16)19/h2,4,6-8,15,20H,3,5H2,1H3. The van der Waals surface area contributed by atoms with Crippen molar-refractivity contribution in [2.75, 3.05) is 12.4 Å². The highest BCUT2D eigenvalue weighted by Gasteiger charge is 2.24. The fourth-order valence-corrected chi connectivity index (χ4v) is 3.64. The Morgan fingerprint density at radius 2 is 1.81 bits per heavy atom. The average Bonchev–Trinajstić information content (AvgIpc) is 2.84. The number of benzene rings is 2. The van der Waals surface area contributed by atoms with Gasteiger partial charge in [0.25, 0.3) is 0 Å². The summed E-state index contributed by atoms with van der Waals surface area (Å²) in [6, 6.07) is 9.73. The maximum absolute atomic E-state index is 6.24. The van der Waals surface area contributed by atoms with Gasteiger partial charge in [-0.05, 0) is 48.2 Å². The van der Waals surface area contributed by atoms with Crippen LogP contribution in [0, 0.1) is 0 Å². The van der Waals surface area contributed by atoms with Crippen molar-refractivity contribution in [3.05, 3.63) is 56.5 Å². The van der Waals surface area contributed by atoms with E-state index in [1.54, 1.807) is 19.2 Å². The first-order valence-electron chi connectivity index (χ1n) is 6.66. The Kier molecular flexibility index (Phi) is 4.21. The van der Waals surface area contributed by atoms with Crippen LogP contribution in [0.4, 0.5) is 5.69 Å². The van der Waals surface area contributed by atoms with Gasteiger partial charge in [-0.25, -0.2) is 0 Å². The van der Waals surface area contributed by atoms with Gasteiger partial charge in [-0.2, -0.15) is 0 Å². The number of methoxy groups -OCH3 is 1. The van der Waals surface area contributed by atoms with E-state index in [4.69, 9.17) is 39.5 Å². The highest BCUT2D eigenvalue weighted by atomic mass is 35.5. The second-order valence-electron chi connectivity index (χ2n) is 5.04. The molecule has 2 aromatic rings. The number of aryl methyl sites for hydroxylation is 1. The molecule has 0 bridgehead atoms. The highest BCUT2D eigenvalue weighted by molar-refractivity contribution is 6.41. The average molecular weight is 343 g/mol. The summed E-state index contributed by atoms with van der Waals surface area (Å²) < 4.78 is 5.30. The number of anilines is 1. The molecular weight excluding hydrogens is 329 g/mol. The third-order valence-electron chi connectivity index (χ3n) is 3.76. The van der Waals surface area contributed by atoms with Crippen LogP contribution < -0.4 is 10.1 Å². The molecule has 0 fully saturated rings. The van der Waals surface area contributed by atoms with Crippen molar-refractivity contribution in [1.29, 1.82) is 0 Å². The zero-order valence-electron chi connectivity index (χ0n) is 11.4. The lowest BCUT2D eigenvalue weighted by Crippen LogP contribution is -2.08. The van der Waals surface area contributed by atoms with Crippen LogP contribution in [-0.4, -0.2) is 7.11 Å². The molecule has 1 aliphatic rings. The van der Waals surface area contributed by atoms with Crippen molar-refractivity contribution in [1.82, 2.24) is 0 Å². The summed E-state index contributed by atoms with van der Waals surface area (Å²) in [6.45, 7) is 0. The molecule has 5 heteroatoms. The fourth-order valence-electron chi connectivity index (χ4n) is 2.71. The van der Waals surface area contributed by atoms with E-state index in [1.165, 1.54) is 11.1 Å². The third kappa shape index (κ3) is 2.94. The van der Waals surface area contributed by atoms with E-state index in [0.717, 1.165) is 24.3 Å². The van der Waals surface area contributed by atoms with Gasteiger partial charge in [0.2, 0.25) is 0 Å². The molecule has 0 saturated heterocycles. The van der Waals surface area contributed by atoms with Gasteiger partial charge >= 0.3 is 0 Å². The normalized spacial score (nSPS) is 16.7. The fraction of sp³-hybridized carbons (Fsp3) is 0.250. The molecule has 0 aromatic heterocycles. The van der Waals surface area contributed by atoms with Crippen molar-refractivity contribution >= 4 is 40.5 Å². The zero-order valence-corrected chi connectivity index (χ0v) is 13.7. The van der Waals surface area contributed by atoms with Gasteiger partial charge in [-0.3, -0.25) is 0 Å². The van der Waals surface area contributed by atoms with E-state index in [-0.39, 0.29) is 6.04 Å². The van der Waals surface area contributed by atoms with Crippen LogP contribution in [0.3, 0.4) is 0 Å². The van der Waals surface area contributed by atoms with E-state index in [0.29, 0.717) is 15.1 Å². The van der Waals surface area contributed by atoms with E-state index in [9.17, 15) is 0 Å². The number of hydrogen-bond acceptors (Lipinski definition) is 2. The minimum atomic E-state index is 0.172.